The zero-order chi connectivity index (χ0) is 18.4. The maximum Gasteiger partial charge on any atom is 0.408 e. The molecular weight excluding hydrogens is 337 g/mol. The predicted molar refractivity (Wildman–Crippen MR) is 84.5 cm³/mol. The van der Waals surface area contributed by atoms with Crippen molar-refractivity contribution >= 4 is 11.8 Å². The number of benzene rings is 1. The zero-order valence-corrected chi connectivity index (χ0v) is 13.9. The topological polar surface area (TPSA) is 58.6 Å². The van der Waals surface area contributed by atoms with E-state index in [2.05, 4.69) is 5.32 Å². The van der Waals surface area contributed by atoms with Crippen LogP contribution in [0.25, 0.3) is 0 Å². The fourth-order valence-electron chi connectivity index (χ4n) is 2.91. The van der Waals surface area contributed by atoms with Crippen LogP contribution in [0, 0.1) is 0 Å². The van der Waals surface area contributed by atoms with Gasteiger partial charge in [-0.05, 0) is 18.4 Å². The Morgan fingerprint density at radius 1 is 1.24 bits per heavy atom. The summed E-state index contributed by atoms with van der Waals surface area (Å²) in [6.45, 7) is 0.836. The van der Waals surface area contributed by atoms with Crippen molar-refractivity contribution < 1.29 is 27.5 Å². The molecule has 1 aliphatic heterocycles. The number of rotatable bonds is 5. The number of amides is 2. The molecule has 0 aromatic heterocycles. The third-order valence-corrected chi connectivity index (χ3v) is 4.02. The number of alkyl halides is 3. The Morgan fingerprint density at radius 3 is 2.52 bits per heavy atom. The van der Waals surface area contributed by atoms with Crippen LogP contribution < -0.4 is 5.32 Å². The molecule has 1 aromatic carbocycles. The first-order chi connectivity index (χ1) is 11.8. The van der Waals surface area contributed by atoms with Gasteiger partial charge >= 0.3 is 6.18 Å². The summed E-state index contributed by atoms with van der Waals surface area (Å²) >= 11 is 0. The normalized spacial score (nSPS) is 21.0. The lowest BCUT2D eigenvalue weighted by atomic mass is 9.97. The number of nitrogens with one attached hydrogen (secondary N) is 1. The monoisotopic (exact) mass is 358 g/mol. The minimum atomic E-state index is -4.50. The minimum Gasteiger partial charge on any atom is -0.367 e. The van der Waals surface area contributed by atoms with Crippen LogP contribution >= 0.6 is 0 Å². The van der Waals surface area contributed by atoms with E-state index >= 15 is 0 Å². The van der Waals surface area contributed by atoms with Crippen LogP contribution in [0.5, 0.6) is 0 Å². The van der Waals surface area contributed by atoms with Gasteiger partial charge in [-0.15, -0.1) is 0 Å². The molecule has 0 saturated carbocycles. The Hall–Kier alpha value is -2.09. The van der Waals surface area contributed by atoms with Crippen molar-refractivity contribution in [1.82, 2.24) is 10.2 Å². The molecule has 1 fully saturated rings. The van der Waals surface area contributed by atoms with Gasteiger partial charge in [-0.2, -0.15) is 13.2 Å². The van der Waals surface area contributed by atoms with Gasteiger partial charge in [0.25, 0.3) is 0 Å². The first-order valence-electron chi connectivity index (χ1n) is 8.02. The summed E-state index contributed by atoms with van der Waals surface area (Å²) in [6, 6.07) is 6.73. The number of halogens is 3. The first-order valence-corrected chi connectivity index (χ1v) is 8.02. The van der Waals surface area contributed by atoms with Gasteiger partial charge in [0.05, 0.1) is 6.61 Å². The maximum absolute atomic E-state index is 13.2. The number of hydrogen-bond donors (Lipinski definition) is 1. The van der Waals surface area contributed by atoms with E-state index in [1.54, 1.807) is 12.1 Å². The maximum atomic E-state index is 13.2. The molecule has 1 heterocycles. The Bertz CT molecular complexity index is 593. The van der Waals surface area contributed by atoms with Crippen LogP contribution in [-0.4, -0.2) is 48.1 Å². The molecule has 0 bridgehead atoms. The Kier molecular flexibility index (Phi) is 6.41. The number of carbonyl (C=O) groups excluding carboxylic acids is 2. The summed E-state index contributed by atoms with van der Waals surface area (Å²) in [4.78, 5) is 24.2. The predicted octanol–water partition coefficient (Wildman–Crippen LogP) is 2.26. The van der Waals surface area contributed by atoms with Gasteiger partial charge in [-0.25, -0.2) is 0 Å². The fraction of sp³-hybridized carbons (Fsp3) is 0.529. The largest absolute Gasteiger partial charge is 0.408 e. The highest BCUT2D eigenvalue weighted by molar-refractivity contribution is 5.78. The quantitative estimate of drug-likeness (QED) is 0.878. The summed E-state index contributed by atoms with van der Waals surface area (Å²) in [5.41, 5.74) is 0.831. The van der Waals surface area contributed by atoms with Gasteiger partial charge in [0.1, 0.15) is 12.6 Å². The van der Waals surface area contributed by atoms with Crippen LogP contribution in [0.4, 0.5) is 13.2 Å². The summed E-state index contributed by atoms with van der Waals surface area (Å²) < 4.78 is 44.9. The second kappa shape index (κ2) is 8.33. The molecule has 0 radical (unpaired) electrons. The van der Waals surface area contributed by atoms with Crippen LogP contribution in [0.3, 0.4) is 0 Å². The lowest BCUT2D eigenvalue weighted by Gasteiger charge is -2.40. The second-order valence-electron chi connectivity index (χ2n) is 6.06. The van der Waals surface area contributed by atoms with Gasteiger partial charge < -0.3 is 15.0 Å². The van der Waals surface area contributed by atoms with Gasteiger partial charge in [0.2, 0.25) is 11.8 Å². The molecule has 2 amide bonds. The van der Waals surface area contributed by atoms with Crippen LogP contribution in [0.15, 0.2) is 30.3 Å². The van der Waals surface area contributed by atoms with Crippen molar-refractivity contribution in [2.75, 3.05) is 13.2 Å². The highest BCUT2D eigenvalue weighted by atomic mass is 19.4. The zero-order valence-electron chi connectivity index (χ0n) is 13.9. The van der Waals surface area contributed by atoms with E-state index in [4.69, 9.17) is 4.74 Å². The molecule has 2 atom stereocenters. The van der Waals surface area contributed by atoms with Gasteiger partial charge in [-0.3, -0.25) is 9.59 Å². The summed E-state index contributed by atoms with van der Waals surface area (Å²) in [5.74, 6) is -1.06. The van der Waals surface area contributed by atoms with Crippen molar-refractivity contribution in [3.8, 4) is 0 Å². The Morgan fingerprint density at radius 2 is 1.92 bits per heavy atom. The van der Waals surface area contributed by atoms with E-state index in [0.717, 1.165) is 10.5 Å². The molecule has 1 aliphatic rings. The van der Waals surface area contributed by atoms with Crippen molar-refractivity contribution in [3.63, 3.8) is 0 Å². The first kappa shape index (κ1) is 19.2. The molecule has 1 saturated heterocycles. The van der Waals surface area contributed by atoms with Crippen molar-refractivity contribution in [2.45, 2.75) is 44.6 Å². The smallest absolute Gasteiger partial charge is 0.367 e. The molecule has 8 heteroatoms. The average Bonchev–Trinajstić information content (AvgIpc) is 2.54. The summed E-state index contributed by atoms with van der Waals surface area (Å²) in [6.07, 6.45) is -4.56. The molecule has 5 nitrogen and oxygen atoms in total. The van der Waals surface area contributed by atoms with Gasteiger partial charge in [0.15, 0.2) is 0 Å². The van der Waals surface area contributed by atoms with Crippen molar-refractivity contribution in [2.24, 2.45) is 0 Å². The van der Waals surface area contributed by atoms with E-state index in [-0.39, 0.29) is 31.9 Å². The summed E-state index contributed by atoms with van der Waals surface area (Å²) in [7, 11) is 0. The number of likely N-dealkylation sites (tertiary alicyclic amines) is 1. The molecular formula is C17H21F3N2O3. The van der Waals surface area contributed by atoms with Crippen LogP contribution in [0.1, 0.15) is 25.3 Å². The lowest BCUT2D eigenvalue weighted by Crippen LogP contribution is -2.58. The number of hydrogen-bond acceptors (Lipinski definition) is 3. The number of ether oxygens (including phenoxy) is 1. The van der Waals surface area contributed by atoms with Gasteiger partial charge in [-0.1, -0.05) is 30.3 Å². The standard InChI is InChI=1S/C17H21F3N2O3/c1-12(23)21-14-7-8-15(17(18,19)20)22(9-14)16(24)11-25-10-13-5-3-2-4-6-13/h2-6,14-15H,7-11H2,1H3,(H,21,23)/t14-,15+/m1/s1. The fourth-order valence-corrected chi connectivity index (χ4v) is 2.91. The van der Waals surface area contributed by atoms with E-state index < -0.39 is 30.8 Å². The summed E-state index contributed by atoms with van der Waals surface area (Å²) in [5, 5.41) is 2.58. The van der Waals surface area contributed by atoms with E-state index in [1.807, 2.05) is 18.2 Å². The number of piperidine rings is 1. The van der Waals surface area contributed by atoms with E-state index in [1.165, 1.54) is 6.92 Å². The third kappa shape index (κ3) is 5.74. The van der Waals surface area contributed by atoms with E-state index in [9.17, 15) is 22.8 Å². The molecule has 25 heavy (non-hydrogen) atoms. The highest BCUT2D eigenvalue weighted by Crippen LogP contribution is 2.32. The molecule has 0 unspecified atom stereocenters. The van der Waals surface area contributed by atoms with Gasteiger partial charge in [0, 0.05) is 19.5 Å². The molecule has 138 valence electrons. The third-order valence-electron chi connectivity index (χ3n) is 4.02. The second-order valence-corrected chi connectivity index (χ2v) is 6.06. The molecule has 1 N–H and O–H groups in total. The van der Waals surface area contributed by atoms with Crippen molar-refractivity contribution in [3.05, 3.63) is 35.9 Å². The van der Waals surface area contributed by atoms with Crippen LogP contribution in [0.2, 0.25) is 0 Å². The number of carbonyl (C=O) groups is 2. The molecule has 0 aliphatic carbocycles. The molecule has 0 spiro atoms. The van der Waals surface area contributed by atoms with E-state index in [0.29, 0.717) is 0 Å². The number of nitrogens with zero attached hydrogens (tertiary/aromatic N) is 1. The highest BCUT2D eigenvalue weighted by Gasteiger charge is 2.48. The molecule has 1 aromatic rings. The molecule has 2 rings (SSSR count). The Balaban J connectivity index is 1.96. The van der Waals surface area contributed by atoms with Crippen molar-refractivity contribution in [1.29, 1.82) is 0 Å². The SMILES string of the molecule is CC(=O)N[C@@H]1CC[C@@H](C(F)(F)F)N(C(=O)COCc2ccccc2)C1. The average molecular weight is 358 g/mol. The Labute approximate surface area is 144 Å². The van der Waals surface area contributed by atoms with Crippen LogP contribution in [-0.2, 0) is 20.9 Å². The minimum absolute atomic E-state index is 0.145. The lowest BCUT2D eigenvalue weighted by molar-refractivity contribution is -0.199.